The molecule has 0 bridgehead atoms. The molecule has 0 aliphatic heterocycles. The predicted molar refractivity (Wildman–Crippen MR) is 80.2 cm³/mol. The maximum absolute atomic E-state index is 9.21. The molecule has 1 aromatic carbocycles. The molecule has 2 rings (SSSR count). The fraction of sp³-hybridized carbons (Fsp3) is 0.400. The largest absolute Gasteiger partial charge is 0.398 e. The van der Waals surface area contributed by atoms with E-state index in [9.17, 15) is 5.11 Å². The van der Waals surface area contributed by atoms with Crippen molar-refractivity contribution >= 4 is 22.1 Å². The van der Waals surface area contributed by atoms with Crippen LogP contribution in [0.1, 0.15) is 19.5 Å². The van der Waals surface area contributed by atoms with Crippen LogP contribution in [0.4, 0.5) is 11.4 Å². The van der Waals surface area contributed by atoms with Crippen LogP contribution in [0.3, 0.4) is 0 Å². The number of rotatable bonds is 4. The summed E-state index contributed by atoms with van der Waals surface area (Å²) in [5.41, 5.74) is 8.71. The molecule has 0 saturated heterocycles. The number of fused-ring (bicyclic) bond motifs is 1. The van der Waals surface area contributed by atoms with Crippen molar-refractivity contribution < 1.29 is 5.11 Å². The van der Waals surface area contributed by atoms with E-state index >= 15 is 0 Å². The van der Waals surface area contributed by atoms with Gasteiger partial charge in [0.05, 0.1) is 0 Å². The Hall–Kier alpha value is -1.81. The standard InChI is InChI=1S/C15H21N3O/c1-9(8-19)11(3)18-15-5-4-14(16)13-7-17-10(2)6-12(13)15/h4-7,9,11,18-19H,8,16H2,1-3H3. The van der Waals surface area contributed by atoms with Crippen LogP contribution in [0.5, 0.6) is 0 Å². The number of aromatic nitrogens is 1. The summed E-state index contributed by atoms with van der Waals surface area (Å²) >= 11 is 0. The van der Waals surface area contributed by atoms with Gasteiger partial charge in [0, 0.05) is 46.7 Å². The molecule has 19 heavy (non-hydrogen) atoms. The van der Waals surface area contributed by atoms with E-state index < -0.39 is 0 Å². The topological polar surface area (TPSA) is 71.2 Å². The predicted octanol–water partition coefficient (Wildman–Crippen LogP) is 2.55. The van der Waals surface area contributed by atoms with Crippen LogP contribution in [0, 0.1) is 12.8 Å². The van der Waals surface area contributed by atoms with Crippen LogP contribution < -0.4 is 11.1 Å². The summed E-state index contributed by atoms with van der Waals surface area (Å²) in [6, 6.07) is 6.09. The Kier molecular flexibility index (Phi) is 3.90. The molecular weight excluding hydrogens is 238 g/mol. The number of anilines is 2. The number of nitrogen functional groups attached to an aromatic ring is 1. The van der Waals surface area contributed by atoms with Crippen LogP contribution in [0.2, 0.25) is 0 Å². The first-order valence-corrected chi connectivity index (χ1v) is 6.55. The highest BCUT2D eigenvalue weighted by molar-refractivity contribution is 6.00. The van der Waals surface area contributed by atoms with E-state index in [1.54, 1.807) is 0 Å². The van der Waals surface area contributed by atoms with Gasteiger partial charge in [-0.25, -0.2) is 0 Å². The summed E-state index contributed by atoms with van der Waals surface area (Å²) in [6.07, 6.45) is 1.81. The maximum Gasteiger partial charge on any atom is 0.0476 e. The normalized spacial score (nSPS) is 14.3. The SMILES string of the molecule is Cc1cc2c(NC(C)C(C)CO)ccc(N)c2cn1. The second-order valence-electron chi connectivity index (χ2n) is 5.17. The van der Waals surface area contributed by atoms with Crippen LogP contribution >= 0.6 is 0 Å². The zero-order valence-electron chi connectivity index (χ0n) is 11.6. The molecule has 2 aromatic rings. The molecule has 0 aliphatic carbocycles. The maximum atomic E-state index is 9.21. The van der Waals surface area contributed by atoms with Crippen molar-refractivity contribution in [1.29, 1.82) is 0 Å². The number of nitrogens with one attached hydrogen (secondary N) is 1. The molecule has 4 heteroatoms. The molecular formula is C15H21N3O. The second kappa shape index (κ2) is 5.45. The molecule has 4 nitrogen and oxygen atoms in total. The fourth-order valence-corrected chi connectivity index (χ4v) is 2.04. The Labute approximate surface area is 113 Å². The number of hydrogen-bond acceptors (Lipinski definition) is 4. The van der Waals surface area contributed by atoms with Gasteiger partial charge in [-0.1, -0.05) is 6.92 Å². The summed E-state index contributed by atoms with van der Waals surface area (Å²) in [5, 5.41) is 14.7. The molecule has 0 spiro atoms. The molecule has 102 valence electrons. The number of nitrogens with two attached hydrogens (primary N) is 1. The highest BCUT2D eigenvalue weighted by Gasteiger charge is 2.13. The summed E-state index contributed by atoms with van der Waals surface area (Å²) in [5.74, 6) is 0.190. The molecule has 2 unspecified atom stereocenters. The van der Waals surface area contributed by atoms with Gasteiger partial charge in [-0.3, -0.25) is 4.98 Å². The van der Waals surface area contributed by atoms with Gasteiger partial charge in [-0.2, -0.15) is 0 Å². The average Bonchev–Trinajstić information content (AvgIpc) is 2.40. The van der Waals surface area contributed by atoms with E-state index in [1.807, 2.05) is 38.2 Å². The van der Waals surface area contributed by atoms with Gasteiger partial charge in [0.2, 0.25) is 0 Å². The number of hydrogen-bond donors (Lipinski definition) is 3. The third kappa shape index (κ3) is 2.79. The lowest BCUT2D eigenvalue weighted by atomic mass is 10.0. The number of aliphatic hydroxyl groups is 1. The van der Waals surface area contributed by atoms with E-state index in [0.717, 1.165) is 27.8 Å². The third-order valence-corrected chi connectivity index (χ3v) is 3.60. The summed E-state index contributed by atoms with van der Waals surface area (Å²) in [6.45, 7) is 6.22. The van der Waals surface area contributed by atoms with E-state index in [1.165, 1.54) is 0 Å². The minimum Gasteiger partial charge on any atom is -0.398 e. The van der Waals surface area contributed by atoms with Crippen LogP contribution in [0.15, 0.2) is 24.4 Å². The number of aryl methyl sites for hydroxylation is 1. The molecule has 0 amide bonds. The van der Waals surface area contributed by atoms with Crippen LogP contribution in [-0.2, 0) is 0 Å². The molecule has 2 atom stereocenters. The lowest BCUT2D eigenvalue weighted by Crippen LogP contribution is -2.26. The number of benzene rings is 1. The number of pyridine rings is 1. The van der Waals surface area contributed by atoms with Crippen molar-refractivity contribution in [2.75, 3.05) is 17.7 Å². The smallest absolute Gasteiger partial charge is 0.0476 e. The fourth-order valence-electron chi connectivity index (χ4n) is 2.04. The lowest BCUT2D eigenvalue weighted by Gasteiger charge is -2.22. The second-order valence-corrected chi connectivity index (χ2v) is 5.17. The monoisotopic (exact) mass is 259 g/mol. The van der Waals surface area contributed by atoms with Crippen molar-refractivity contribution in [2.24, 2.45) is 5.92 Å². The van der Waals surface area contributed by atoms with Crippen molar-refractivity contribution in [2.45, 2.75) is 26.8 Å². The van der Waals surface area contributed by atoms with Gasteiger partial charge in [-0.15, -0.1) is 0 Å². The van der Waals surface area contributed by atoms with Crippen molar-refractivity contribution in [1.82, 2.24) is 4.98 Å². The van der Waals surface area contributed by atoms with Crippen LogP contribution in [0.25, 0.3) is 10.8 Å². The zero-order valence-corrected chi connectivity index (χ0v) is 11.6. The first-order valence-electron chi connectivity index (χ1n) is 6.55. The minimum atomic E-state index is 0.168. The minimum absolute atomic E-state index is 0.168. The first kappa shape index (κ1) is 13.6. The Morgan fingerprint density at radius 1 is 1.32 bits per heavy atom. The van der Waals surface area contributed by atoms with Gasteiger partial charge in [0.1, 0.15) is 0 Å². The molecule has 4 N–H and O–H groups in total. The molecule has 0 saturated carbocycles. The summed E-state index contributed by atoms with van der Waals surface area (Å²) in [4.78, 5) is 4.29. The molecule has 1 heterocycles. The van der Waals surface area contributed by atoms with Gasteiger partial charge < -0.3 is 16.2 Å². The molecule has 0 fully saturated rings. The molecule has 0 aliphatic rings. The Balaban J connectivity index is 2.43. The molecule has 0 radical (unpaired) electrons. The van der Waals surface area contributed by atoms with Gasteiger partial charge in [0.15, 0.2) is 0 Å². The third-order valence-electron chi connectivity index (χ3n) is 3.60. The Bertz CT molecular complexity index is 583. The van der Waals surface area contributed by atoms with E-state index in [0.29, 0.717) is 0 Å². The average molecular weight is 259 g/mol. The highest BCUT2D eigenvalue weighted by atomic mass is 16.3. The van der Waals surface area contributed by atoms with Gasteiger partial charge >= 0.3 is 0 Å². The highest BCUT2D eigenvalue weighted by Crippen LogP contribution is 2.29. The number of aliphatic hydroxyl groups excluding tert-OH is 1. The Morgan fingerprint density at radius 3 is 2.74 bits per heavy atom. The van der Waals surface area contributed by atoms with E-state index in [2.05, 4.69) is 17.2 Å². The lowest BCUT2D eigenvalue weighted by molar-refractivity contribution is 0.226. The molecule has 1 aromatic heterocycles. The van der Waals surface area contributed by atoms with Crippen molar-refractivity contribution in [3.05, 3.63) is 30.1 Å². The quantitative estimate of drug-likeness (QED) is 0.738. The first-order chi connectivity index (χ1) is 9.02. The van der Waals surface area contributed by atoms with E-state index in [4.69, 9.17) is 5.73 Å². The Morgan fingerprint density at radius 2 is 2.05 bits per heavy atom. The van der Waals surface area contributed by atoms with Gasteiger partial charge in [-0.05, 0) is 38.0 Å². The van der Waals surface area contributed by atoms with Crippen LogP contribution in [-0.4, -0.2) is 22.7 Å². The van der Waals surface area contributed by atoms with Crippen molar-refractivity contribution in [3.63, 3.8) is 0 Å². The summed E-state index contributed by atoms with van der Waals surface area (Å²) < 4.78 is 0. The summed E-state index contributed by atoms with van der Waals surface area (Å²) in [7, 11) is 0. The number of nitrogens with zero attached hydrogens (tertiary/aromatic N) is 1. The van der Waals surface area contributed by atoms with Crippen molar-refractivity contribution in [3.8, 4) is 0 Å². The van der Waals surface area contributed by atoms with E-state index in [-0.39, 0.29) is 18.6 Å². The van der Waals surface area contributed by atoms with Gasteiger partial charge in [0.25, 0.3) is 0 Å². The zero-order chi connectivity index (χ0) is 14.0.